The summed E-state index contributed by atoms with van der Waals surface area (Å²) in [6.45, 7) is 7.67. The molecule has 3 rings (SSSR count). The van der Waals surface area contributed by atoms with Crippen LogP contribution in [-0.4, -0.2) is 33.0 Å². The maximum atomic E-state index is 13.3. The van der Waals surface area contributed by atoms with Crippen LogP contribution in [0.15, 0.2) is 72.8 Å². The molecule has 54 heavy (non-hydrogen) atoms. The Kier molecular flexibility index (Phi) is 21.1. The lowest BCUT2D eigenvalue weighted by atomic mass is 9.86. The topological polar surface area (TPSA) is 74.6 Å². The van der Waals surface area contributed by atoms with Gasteiger partial charge in [-0.2, -0.15) is 0 Å². The van der Waals surface area contributed by atoms with E-state index in [4.69, 9.17) is 0 Å². The monoisotopic (exact) mass is 739 g/mol. The zero-order chi connectivity index (χ0) is 39.1. The lowest BCUT2D eigenvalue weighted by molar-refractivity contribution is 0.0405. The third kappa shape index (κ3) is 17.2. The molecule has 3 aromatic rings. The normalized spacial score (nSPS) is 13.7. The van der Waals surface area contributed by atoms with Gasteiger partial charge in [0.1, 0.15) is 11.2 Å². The maximum absolute atomic E-state index is 13.3. The highest BCUT2D eigenvalue weighted by molar-refractivity contribution is 6.02. The molecule has 0 heterocycles. The van der Waals surface area contributed by atoms with Crippen molar-refractivity contribution >= 4 is 11.6 Å². The number of aliphatic hydroxyl groups is 2. The maximum Gasteiger partial charge on any atom is 0.194 e. The van der Waals surface area contributed by atoms with Gasteiger partial charge in [-0.1, -0.05) is 202 Å². The molecule has 0 radical (unpaired) electrons. The summed E-state index contributed by atoms with van der Waals surface area (Å²) in [5.41, 5.74) is 2.02. The Hall–Kier alpha value is -3.08. The van der Waals surface area contributed by atoms with Crippen LogP contribution in [0.5, 0.6) is 0 Å². The Morgan fingerprint density at radius 3 is 0.907 bits per heavy atom. The summed E-state index contributed by atoms with van der Waals surface area (Å²) in [5.74, 6) is -0.583. The molecule has 4 nitrogen and oxygen atoms in total. The molecule has 0 amide bonds. The second-order valence-electron chi connectivity index (χ2n) is 16.6. The number of hydrogen-bond acceptors (Lipinski definition) is 4. The van der Waals surface area contributed by atoms with E-state index in [2.05, 4.69) is 13.8 Å². The standard InChI is InChI=1S/C50H74O4/c1-5-7-9-11-13-15-17-19-21-23-25-41-31-35-45(36-32-41)47(51)49(3,53)39-43-27-29-44(30-28-43)40-50(4,54)48(52)46-37-33-42(34-38-46)26-24-22-20-18-16-14-12-10-8-6-2/h27-38,53-54H,5-26,39-40H2,1-4H3. The average Bonchev–Trinajstić information content (AvgIpc) is 3.17. The first-order valence-corrected chi connectivity index (χ1v) is 21.9. The highest BCUT2D eigenvalue weighted by Crippen LogP contribution is 2.24. The molecule has 2 unspecified atom stereocenters. The third-order valence-electron chi connectivity index (χ3n) is 11.2. The Bertz CT molecular complexity index is 1340. The van der Waals surface area contributed by atoms with Crippen molar-refractivity contribution in [3.63, 3.8) is 0 Å². The van der Waals surface area contributed by atoms with E-state index in [1.807, 2.05) is 72.8 Å². The van der Waals surface area contributed by atoms with E-state index in [1.165, 1.54) is 127 Å². The third-order valence-corrected chi connectivity index (χ3v) is 11.2. The van der Waals surface area contributed by atoms with Gasteiger partial charge in [0.25, 0.3) is 0 Å². The summed E-state index contributed by atoms with van der Waals surface area (Å²) in [4.78, 5) is 26.7. The van der Waals surface area contributed by atoms with Crippen LogP contribution < -0.4 is 0 Å². The fourth-order valence-corrected chi connectivity index (χ4v) is 7.63. The molecule has 0 saturated heterocycles. The van der Waals surface area contributed by atoms with E-state index >= 15 is 0 Å². The van der Waals surface area contributed by atoms with Gasteiger partial charge in [0, 0.05) is 24.0 Å². The smallest absolute Gasteiger partial charge is 0.194 e. The van der Waals surface area contributed by atoms with E-state index in [0.29, 0.717) is 11.1 Å². The molecule has 0 bridgehead atoms. The fourth-order valence-electron chi connectivity index (χ4n) is 7.63. The number of carbonyl (C=O) groups excluding carboxylic acids is 2. The van der Waals surface area contributed by atoms with Crippen molar-refractivity contribution in [3.8, 4) is 0 Å². The lowest BCUT2D eigenvalue weighted by Gasteiger charge is -2.24. The molecule has 0 spiro atoms. The van der Waals surface area contributed by atoms with Crippen LogP contribution in [0, 0.1) is 0 Å². The molecule has 298 valence electrons. The Morgan fingerprint density at radius 2 is 0.630 bits per heavy atom. The molecule has 0 aliphatic heterocycles. The molecule has 2 atom stereocenters. The van der Waals surface area contributed by atoms with Crippen molar-refractivity contribution in [2.45, 2.75) is 193 Å². The Morgan fingerprint density at radius 1 is 0.389 bits per heavy atom. The molecular formula is C50H74O4. The van der Waals surface area contributed by atoms with E-state index in [0.717, 1.165) is 36.8 Å². The van der Waals surface area contributed by atoms with Crippen LogP contribution in [0.4, 0.5) is 0 Å². The Labute approximate surface area is 329 Å². The van der Waals surface area contributed by atoms with E-state index in [-0.39, 0.29) is 24.4 Å². The quantitative estimate of drug-likeness (QED) is 0.0527. The number of rotatable bonds is 30. The van der Waals surface area contributed by atoms with Gasteiger partial charge in [-0.25, -0.2) is 0 Å². The van der Waals surface area contributed by atoms with Crippen molar-refractivity contribution in [1.82, 2.24) is 0 Å². The summed E-state index contributed by atoms with van der Waals surface area (Å²) >= 11 is 0. The van der Waals surface area contributed by atoms with Gasteiger partial charge in [-0.3, -0.25) is 9.59 Å². The minimum atomic E-state index is -1.55. The van der Waals surface area contributed by atoms with Gasteiger partial charge >= 0.3 is 0 Å². The first-order valence-electron chi connectivity index (χ1n) is 21.9. The zero-order valence-corrected chi connectivity index (χ0v) is 34.6. The molecule has 0 saturated carbocycles. The number of carbonyl (C=O) groups is 2. The summed E-state index contributed by atoms with van der Waals surface area (Å²) < 4.78 is 0. The molecular weight excluding hydrogens is 665 g/mol. The van der Waals surface area contributed by atoms with Crippen LogP contribution in [0.2, 0.25) is 0 Å². The van der Waals surface area contributed by atoms with Gasteiger partial charge in [0.2, 0.25) is 0 Å². The zero-order valence-electron chi connectivity index (χ0n) is 34.6. The predicted octanol–water partition coefficient (Wildman–Crippen LogP) is 13.0. The Balaban J connectivity index is 1.39. The van der Waals surface area contributed by atoms with E-state index < -0.39 is 11.2 Å². The van der Waals surface area contributed by atoms with Crippen LogP contribution in [-0.2, 0) is 25.7 Å². The first kappa shape index (κ1) is 45.3. The lowest BCUT2D eigenvalue weighted by Crippen LogP contribution is -2.38. The average molecular weight is 739 g/mol. The summed E-state index contributed by atoms with van der Waals surface area (Å²) in [7, 11) is 0. The molecule has 0 aliphatic rings. The second-order valence-corrected chi connectivity index (χ2v) is 16.6. The van der Waals surface area contributed by atoms with Crippen molar-refractivity contribution in [2.75, 3.05) is 0 Å². The number of aryl methyl sites for hydroxylation is 2. The van der Waals surface area contributed by atoms with Crippen molar-refractivity contribution in [1.29, 1.82) is 0 Å². The SMILES string of the molecule is CCCCCCCCCCCCc1ccc(C(=O)C(C)(O)Cc2ccc(CC(C)(O)C(=O)c3ccc(CCCCCCCCCCCC)cc3)cc2)cc1. The summed E-state index contributed by atoms with van der Waals surface area (Å²) in [5, 5.41) is 22.5. The van der Waals surface area contributed by atoms with Gasteiger partial charge in [0.15, 0.2) is 11.6 Å². The van der Waals surface area contributed by atoms with Crippen LogP contribution >= 0.6 is 0 Å². The highest BCUT2D eigenvalue weighted by Gasteiger charge is 2.33. The number of benzene rings is 3. The van der Waals surface area contributed by atoms with Crippen molar-refractivity contribution < 1.29 is 19.8 Å². The second kappa shape index (κ2) is 25.2. The molecule has 0 aliphatic carbocycles. The van der Waals surface area contributed by atoms with Crippen molar-refractivity contribution in [2.24, 2.45) is 0 Å². The number of Topliss-reactive ketones (excluding diaryl/α,β-unsaturated/α-hetero) is 2. The fraction of sp³-hybridized carbons (Fsp3) is 0.600. The molecule has 0 aromatic heterocycles. The largest absolute Gasteiger partial charge is 0.382 e. The molecule has 0 fully saturated rings. The number of hydrogen-bond donors (Lipinski definition) is 2. The number of ketones is 2. The van der Waals surface area contributed by atoms with Gasteiger partial charge in [-0.05, 0) is 61.8 Å². The van der Waals surface area contributed by atoms with Gasteiger partial charge in [-0.15, -0.1) is 0 Å². The number of unbranched alkanes of at least 4 members (excludes halogenated alkanes) is 18. The van der Waals surface area contributed by atoms with Gasteiger partial charge in [0.05, 0.1) is 0 Å². The van der Waals surface area contributed by atoms with E-state index in [1.54, 1.807) is 13.8 Å². The summed E-state index contributed by atoms with van der Waals surface area (Å²) in [6.07, 6.45) is 28.7. The van der Waals surface area contributed by atoms with Crippen LogP contribution in [0.3, 0.4) is 0 Å². The molecule has 2 N–H and O–H groups in total. The van der Waals surface area contributed by atoms with E-state index in [9.17, 15) is 19.8 Å². The highest BCUT2D eigenvalue weighted by atomic mass is 16.3. The van der Waals surface area contributed by atoms with Crippen LogP contribution in [0.1, 0.15) is 199 Å². The predicted molar refractivity (Wildman–Crippen MR) is 228 cm³/mol. The summed E-state index contributed by atoms with van der Waals surface area (Å²) in [6, 6.07) is 22.9. The van der Waals surface area contributed by atoms with Crippen molar-refractivity contribution in [3.05, 3.63) is 106 Å². The molecule has 3 aromatic carbocycles. The minimum absolute atomic E-state index is 0.174. The van der Waals surface area contributed by atoms with Gasteiger partial charge < -0.3 is 10.2 Å². The van der Waals surface area contributed by atoms with Crippen LogP contribution in [0.25, 0.3) is 0 Å². The first-order chi connectivity index (χ1) is 26.1. The minimum Gasteiger partial charge on any atom is -0.382 e. The molecule has 4 heteroatoms.